The van der Waals surface area contributed by atoms with Crippen LogP contribution in [0.4, 0.5) is 0 Å². The van der Waals surface area contributed by atoms with E-state index < -0.39 is 0 Å². The van der Waals surface area contributed by atoms with Gasteiger partial charge in [-0.15, -0.1) is 0 Å². The van der Waals surface area contributed by atoms with Gasteiger partial charge in [-0.25, -0.2) is 4.98 Å². The van der Waals surface area contributed by atoms with Gasteiger partial charge in [0.1, 0.15) is 5.75 Å². The molecule has 1 aliphatic heterocycles. The summed E-state index contributed by atoms with van der Waals surface area (Å²) in [6, 6.07) is 17.5. The van der Waals surface area contributed by atoms with E-state index in [1.54, 1.807) is 7.11 Å². The number of aromatic nitrogens is 1. The Labute approximate surface area is 158 Å². The molecule has 2 heterocycles. The van der Waals surface area contributed by atoms with E-state index in [0.717, 1.165) is 47.3 Å². The Morgan fingerprint density at radius 1 is 1.19 bits per heavy atom. The van der Waals surface area contributed by atoms with Crippen molar-refractivity contribution in [3.05, 3.63) is 60.2 Å². The van der Waals surface area contributed by atoms with Gasteiger partial charge in [0.05, 0.1) is 23.9 Å². The van der Waals surface area contributed by atoms with Crippen molar-refractivity contribution in [3.8, 4) is 17.0 Å². The summed E-state index contributed by atoms with van der Waals surface area (Å²) in [5.74, 6) is 0.816. The molecule has 1 aromatic heterocycles. The maximum atomic E-state index is 13.3. The minimum atomic E-state index is 0.0264. The molecule has 0 bridgehead atoms. The third kappa shape index (κ3) is 3.51. The van der Waals surface area contributed by atoms with Gasteiger partial charge in [-0.3, -0.25) is 4.79 Å². The Kier molecular flexibility index (Phi) is 4.77. The second-order valence-corrected chi connectivity index (χ2v) is 6.95. The number of ether oxygens (including phenoxy) is 1. The number of pyridine rings is 1. The number of hydrogen-bond donors (Lipinski definition) is 1. The van der Waals surface area contributed by atoms with Crippen molar-refractivity contribution >= 4 is 16.8 Å². The van der Waals surface area contributed by atoms with E-state index in [9.17, 15) is 4.79 Å². The van der Waals surface area contributed by atoms with E-state index in [0.29, 0.717) is 12.1 Å². The van der Waals surface area contributed by atoms with Gasteiger partial charge < -0.3 is 15.4 Å². The number of nitrogens with zero attached hydrogens (tertiary/aromatic N) is 2. The second kappa shape index (κ2) is 7.37. The van der Waals surface area contributed by atoms with Crippen molar-refractivity contribution in [1.29, 1.82) is 0 Å². The highest BCUT2D eigenvalue weighted by Gasteiger charge is 2.24. The van der Waals surface area contributed by atoms with Crippen LogP contribution in [-0.4, -0.2) is 42.0 Å². The lowest BCUT2D eigenvalue weighted by Gasteiger charge is -2.31. The van der Waals surface area contributed by atoms with Crippen molar-refractivity contribution in [1.82, 2.24) is 9.88 Å². The molecule has 1 unspecified atom stereocenters. The second-order valence-electron chi connectivity index (χ2n) is 6.95. The quantitative estimate of drug-likeness (QED) is 0.775. The molecule has 5 heteroatoms. The largest absolute Gasteiger partial charge is 0.497 e. The van der Waals surface area contributed by atoms with E-state index in [-0.39, 0.29) is 11.9 Å². The average molecular weight is 361 g/mol. The highest BCUT2D eigenvalue weighted by molar-refractivity contribution is 6.07. The number of para-hydroxylation sites is 1. The third-order valence-electron chi connectivity index (χ3n) is 5.08. The summed E-state index contributed by atoms with van der Waals surface area (Å²) in [6.45, 7) is 1.36. The zero-order valence-corrected chi connectivity index (χ0v) is 15.4. The van der Waals surface area contributed by atoms with Crippen molar-refractivity contribution in [2.75, 3.05) is 20.2 Å². The van der Waals surface area contributed by atoms with Crippen LogP contribution >= 0.6 is 0 Å². The first-order chi connectivity index (χ1) is 13.2. The molecule has 0 saturated carbocycles. The minimum absolute atomic E-state index is 0.0264. The van der Waals surface area contributed by atoms with Crippen molar-refractivity contribution in [2.24, 2.45) is 5.73 Å². The van der Waals surface area contributed by atoms with E-state index >= 15 is 0 Å². The van der Waals surface area contributed by atoms with Crippen LogP contribution in [0.3, 0.4) is 0 Å². The fourth-order valence-corrected chi connectivity index (χ4v) is 3.63. The number of piperidine rings is 1. The zero-order valence-electron chi connectivity index (χ0n) is 15.4. The maximum absolute atomic E-state index is 13.3. The number of carbonyl (C=O) groups is 1. The molecule has 1 aliphatic rings. The summed E-state index contributed by atoms with van der Waals surface area (Å²) in [4.78, 5) is 19.9. The molecule has 1 atom stereocenters. The van der Waals surface area contributed by atoms with Gasteiger partial charge in [0, 0.05) is 30.1 Å². The molecule has 1 saturated heterocycles. The van der Waals surface area contributed by atoms with Crippen LogP contribution in [0, 0.1) is 0 Å². The van der Waals surface area contributed by atoms with Crippen molar-refractivity contribution < 1.29 is 9.53 Å². The number of hydrogen-bond acceptors (Lipinski definition) is 4. The lowest BCUT2D eigenvalue weighted by atomic mass is 10.0. The zero-order chi connectivity index (χ0) is 18.8. The lowest BCUT2D eigenvalue weighted by Crippen LogP contribution is -2.45. The lowest BCUT2D eigenvalue weighted by molar-refractivity contribution is 0.0711. The number of amides is 1. The van der Waals surface area contributed by atoms with E-state index in [4.69, 9.17) is 15.5 Å². The average Bonchev–Trinajstić information content (AvgIpc) is 2.72. The predicted molar refractivity (Wildman–Crippen MR) is 107 cm³/mol. The van der Waals surface area contributed by atoms with Gasteiger partial charge in [0.25, 0.3) is 5.91 Å². The number of likely N-dealkylation sites (tertiary alicyclic amines) is 1. The van der Waals surface area contributed by atoms with E-state index in [2.05, 4.69) is 0 Å². The Hall–Kier alpha value is -2.92. The molecule has 2 aromatic carbocycles. The monoisotopic (exact) mass is 361 g/mol. The van der Waals surface area contributed by atoms with Gasteiger partial charge in [-0.1, -0.05) is 18.2 Å². The van der Waals surface area contributed by atoms with Crippen molar-refractivity contribution in [2.45, 2.75) is 18.9 Å². The van der Waals surface area contributed by atoms with Gasteiger partial charge in [-0.2, -0.15) is 0 Å². The van der Waals surface area contributed by atoms with Crippen LogP contribution in [0.2, 0.25) is 0 Å². The first kappa shape index (κ1) is 17.5. The molecule has 1 fully saturated rings. The van der Waals surface area contributed by atoms with Crippen LogP contribution in [0.5, 0.6) is 5.75 Å². The molecule has 138 valence electrons. The van der Waals surface area contributed by atoms with Crippen LogP contribution in [0.25, 0.3) is 22.2 Å². The normalized spacial score (nSPS) is 17.1. The fraction of sp³-hybridized carbons (Fsp3) is 0.273. The standard InChI is InChI=1S/C22H23N3O2/c1-27-17-10-8-15(9-11-17)21-13-19(18-6-2-3-7-20(18)24-21)22(26)25-12-4-5-16(23)14-25/h2-3,6-11,13,16H,4-5,12,14,23H2,1H3. The summed E-state index contributed by atoms with van der Waals surface area (Å²) < 4.78 is 5.23. The summed E-state index contributed by atoms with van der Waals surface area (Å²) in [5, 5.41) is 0.874. The van der Waals surface area contributed by atoms with Gasteiger partial charge in [-0.05, 0) is 49.2 Å². The van der Waals surface area contributed by atoms with Crippen LogP contribution < -0.4 is 10.5 Å². The highest BCUT2D eigenvalue weighted by atomic mass is 16.5. The summed E-state index contributed by atoms with van der Waals surface area (Å²) in [5.41, 5.74) is 9.31. The molecule has 4 rings (SSSR count). The molecule has 0 radical (unpaired) electrons. The number of nitrogens with two attached hydrogens (primary N) is 1. The number of methoxy groups -OCH3 is 1. The molecule has 1 amide bonds. The van der Waals surface area contributed by atoms with Crippen LogP contribution in [0.1, 0.15) is 23.2 Å². The molecule has 2 N–H and O–H groups in total. The van der Waals surface area contributed by atoms with Crippen molar-refractivity contribution in [3.63, 3.8) is 0 Å². The fourth-order valence-electron chi connectivity index (χ4n) is 3.63. The smallest absolute Gasteiger partial charge is 0.254 e. The SMILES string of the molecule is COc1ccc(-c2cc(C(=O)N3CCCC(N)C3)c3ccccc3n2)cc1. The molecule has 0 spiro atoms. The molecule has 0 aliphatic carbocycles. The van der Waals surface area contributed by atoms with E-state index in [1.807, 2.05) is 59.5 Å². The number of carbonyl (C=O) groups excluding carboxylic acids is 1. The van der Waals surface area contributed by atoms with Gasteiger partial charge in [0.15, 0.2) is 0 Å². The Morgan fingerprint density at radius 2 is 1.96 bits per heavy atom. The van der Waals surface area contributed by atoms with Gasteiger partial charge >= 0.3 is 0 Å². The number of rotatable bonds is 3. The van der Waals surface area contributed by atoms with Crippen LogP contribution in [-0.2, 0) is 0 Å². The first-order valence-electron chi connectivity index (χ1n) is 9.25. The van der Waals surface area contributed by atoms with E-state index in [1.165, 1.54) is 0 Å². The summed E-state index contributed by atoms with van der Waals surface area (Å²) >= 11 is 0. The number of fused-ring (bicyclic) bond motifs is 1. The summed E-state index contributed by atoms with van der Waals surface area (Å²) in [7, 11) is 1.64. The third-order valence-corrected chi connectivity index (χ3v) is 5.08. The topological polar surface area (TPSA) is 68.5 Å². The molecule has 3 aromatic rings. The van der Waals surface area contributed by atoms with Gasteiger partial charge in [0.2, 0.25) is 0 Å². The molecule has 27 heavy (non-hydrogen) atoms. The molecular formula is C22H23N3O2. The predicted octanol–water partition coefficient (Wildman–Crippen LogP) is 3.47. The Bertz CT molecular complexity index is 969. The Balaban J connectivity index is 1.79. The van der Waals surface area contributed by atoms with Crippen LogP contribution in [0.15, 0.2) is 54.6 Å². The minimum Gasteiger partial charge on any atom is -0.497 e. The number of benzene rings is 2. The Morgan fingerprint density at radius 3 is 2.70 bits per heavy atom. The maximum Gasteiger partial charge on any atom is 0.254 e. The first-order valence-corrected chi connectivity index (χ1v) is 9.25. The molecule has 5 nitrogen and oxygen atoms in total. The molecular weight excluding hydrogens is 338 g/mol. The summed E-state index contributed by atoms with van der Waals surface area (Å²) in [6.07, 6.45) is 1.92. The highest BCUT2D eigenvalue weighted by Crippen LogP contribution is 2.27.